The van der Waals surface area contributed by atoms with Gasteiger partial charge in [-0.3, -0.25) is 4.79 Å². The van der Waals surface area contributed by atoms with Gasteiger partial charge in [-0.1, -0.05) is 36.4 Å². The number of hydrogen-bond donors (Lipinski definition) is 1. The van der Waals surface area contributed by atoms with Crippen LogP contribution in [0.3, 0.4) is 0 Å². The van der Waals surface area contributed by atoms with Crippen molar-refractivity contribution in [3.05, 3.63) is 41.5 Å². The van der Waals surface area contributed by atoms with E-state index < -0.39 is 0 Å². The fourth-order valence-electron chi connectivity index (χ4n) is 1.07. The van der Waals surface area contributed by atoms with Crippen molar-refractivity contribution in [3.63, 3.8) is 0 Å². The van der Waals surface area contributed by atoms with Crippen molar-refractivity contribution >= 4 is 18.2 Å². The highest BCUT2D eigenvalue weighted by molar-refractivity contribution is 5.85. The highest BCUT2D eigenvalue weighted by Gasteiger charge is 1.87. The molecule has 0 unspecified atom stereocenters. The third-order valence-corrected chi connectivity index (χ3v) is 1.68. The van der Waals surface area contributed by atoms with Gasteiger partial charge >= 0.3 is 0 Å². The van der Waals surface area contributed by atoms with Crippen molar-refractivity contribution in [2.75, 3.05) is 0 Å². The van der Waals surface area contributed by atoms with Crippen molar-refractivity contribution in [1.29, 1.82) is 0 Å². The lowest BCUT2D eigenvalue weighted by Gasteiger charge is -1.94. The molecular weight excluding hydrogens is 188 g/mol. The number of amides is 1. The van der Waals surface area contributed by atoms with Crippen molar-refractivity contribution < 1.29 is 4.79 Å². The van der Waals surface area contributed by atoms with Gasteiger partial charge in [-0.25, -0.2) is 5.43 Å². The molecule has 0 spiro atoms. The molecule has 0 fully saturated rings. The van der Waals surface area contributed by atoms with Gasteiger partial charge in [0.2, 0.25) is 5.91 Å². The Labute approximate surface area is 89.5 Å². The Kier molecular flexibility index (Phi) is 4.29. The van der Waals surface area contributed by atoms with Crippen molar-refractivity contribution in [1.82, 2.24) is 5.43 Å². The molecule has 0 bridgehead atoms. The Morgan fingerprint density at radius 1 is 1.27 bits per heavy atom. The summed E-state index contributed by atoms with van der Waals surface area (Å²) in [4.78, 5) is 10.5. The van der Waals surface area contributed by atoms with Crippen LogP contribution in [0.25, 0.3) is 6.08 Å². The van der Waals surface area contributed by atoms with Crippen molar-refractivity contribution in [2.24, 2.45) is 5.10 Å². The zero-order valence-corrected chi connectivity index (χ0v) is 8.90. The maximum absolute atomic E-state index is 10.5. The first-order chi connectivity index (χ1) is 7.18. The van der Waals surface area contributed by atoms with E-state index in [1.807, 2.05) is 43.3 Å². The first kappa shape index (κ1) is 11.2. The second-order valence-electron chi connectivity index (χ2n) is 3.23. The van der Waals surface area contributed by atoms with Crippen LogP contribution in [-0.4, -0.2) is 12.1 Å². The monoisotopic (exact) mass is 202 g/mol. The zero-order chi connectivity index (χ0) is 11.1. The first-order valence-corrected chi connectivity index (χ1v) is 4.71. The predicted octanol–water partition coefficient (Wildman–Crippen LogP) is 2.21. The fraction of sp³-hybridized carbons (Fsp3) is 0.167. The average Bonchev–Trinajstić information content (AvgIpc) is 2.18. The molecule has 0 aromatic heterocycles. The molecule has 3 nitrogen and oxygen atoms in total. The van der Waals surface area contributed by atoms with Crippen LogP contribution < -0.4 is 5.43 Å². The minimum atomic E-state index is -0.168. The van der Waals surface area contributed by atoms with Crippen LogP contribution in [-0.2, 0) is 4.79 Å². The molecule has 1 N–H and O–H groups in total. The summed E-state index contributed by atoms with van der Waals surface area (Å²) < 4.78 is 0. The number of hydrogen-bond acceptors (Lipinski definition) is 2. The Morgan fingerprint density at radius 3 is 2.53 bits per heavy atom. The van der Waals surface area contributed by atoms with E-state index in [0.29, 0.717) is 0 Å². The third kappa shape index (κ3) is 4.76. The van der Waals surface area contributed by atoms with Crippen LogP contribution >= 0.6 is 0 Å². The van der Waals surface area contributed by atoms with Crippen LogP contribution in [0.5, 0.6) is 0 Å². The van der Waals surface area contributed by atoms with Gasteiger partial charge in [0.05, 0.1) is 6.21 Å². The molecule has 1 amide bonds. The molecule has 0 heterocycles. The highest BCUT2D eigenvalue weighted by Crippen LogP contribution is 2.04. The predicted molar refractivity (Wildman–Crippen MR) is 62.4 cm³/mol. The number of carbonyl (C=O) groups is 1. The molecule has 0 aliphatic heterocycles. The number of allylic oxidation sites excluding steroid dienone is 1. The molecule has 0 saturated carbocycles. The van der Waals surface area contributed by atoms with Gasteiger partial charge in [0, 0.05) is 6.92 Å². The molecule has 0 radical (unpaired) electrons. The standard InChI is InChI=1S/C12H14N2O/c1-10(9-13-14-11(2)15)8-12-6-4-3-5-7-12/h3-9H,1-2H3,(H,14,15)/b10-8+,13-9-. The fourth-order valence-corrected chi connectivity index (χ4v) is 1.07. The summed E-state index contributed by atoms with van der Waals surface area (Å²) in [5.74, 6) is -0.168. The smallest absolute Gasteiger partial charge is 0.236 e. The van der Waals surface area contributed by atoms with E-state index in [1.54, 1.807) is 6.21 Å². The number of hydrazone groups is 1. The summed E-state index contributed by atoms with van der Waals surface area (Å²) in [7, 11) is 0. The lowest BCUT2D eigenvalue weighted by molar-refractivity contribution is -0.118. The van der Waals surface area contributed by atoms with E-state index in [9.17, 15) is 4.79 Å². The van der Waals surface area contributed by atoms with Crippen LogP contribution in [0.1, 0.15) is 19.4 Å². The molecule has 15 heavy (non-hydrogen) atoms. The first-order valence-electron chi connectivity index (χ1n) is 4.71. The van der Waals surface area contributed by atoms with E-state index in [0.717, 1.165) is 11.1 Å². The van der Waals surface area contributed by atoms with Crippen molar-refractivity contribution in [3.8, 4) is 0 Å². The number of benzene rings is 1. The maximum Gasteiger partial charge on any atom is 0.236 e. The topological polar surface area (TPSA) is 41.5 Å². The summed E-state index contributed by atoms with van der Waals surface area (Å²) in [5.41, 5.74) is 4.45. The molecule has 0 atom stereocenters. The Bertz CT molecular complexity index is 380. The van der Waals surface area contributed by atoms with Crippen LogP contribution in [0, 0.1) is 0 Å². The second-order valence-corrected chi connectivity index (χ2v) is 3.23. The molecule has 1 aromatic rings. The van der Waals surface area contributed by atoms with Crippen molar-refractivity contribution in [2.45, 2.75) is 13.8 Å². The minimum Gasteiger partial charge on any atom is -0.274 e. The van der Waals surface area contributed by atoms with Gasteiger partial charge in [-0.05, 0) is 18.1 Å². The van der Waals surface area contributed by atoms with Gasteiger partial charge < -0.3 is 0 Å². The summed E-state index contributed by atoms with van der Waals surface area (Å²) in [6.45, 7) is 3.35. The molecule has 0 saturated heterocycles. The van der Waals surface area contributed by atoms with Gasteiger partial charge in [0.1, 0.15) is 0 Å². The van der Waals surface area contributed by atoms with Gasteiger partial charge in [-0.2, -0.15) is 5.10 Å². The molecule has 1 rings (SSSR count). The molecule has 1 aromatic carbocycles. The minimum absolute atomic E-state index is 0.168. The summed E-state index contributed by atoms with van der Waals surface area (Å²) in [6.07, 6.45) is 3.61. The molecule has 0 aliphatic carbocycles. The maximum atomic E-state index is 10.5. The highest BCUT2D eigenvalue weighted by atomic mass is 16.2. The largest absolute Gasteiger partial charge is 0.274 e. The Morgan fingerprint density at radius 2 is 1.93 bits per heavy atom. The van der Waals surface area contributed by atoms with Gasteiger partial charge in [0.15, 0.2) is 0 Å². The summed E-state index contributed by atoms with van der Waals surface area (Å²) in [6, 6.07) is 9.94. The molecular formula is C12H14N2O. The van der Waals surface area contributed by atoms with Crippen LogP contribution in [0.2, 0.25) is 0 Å². The molecule has 3 heteroatoms. The van der Waals surface area contributed by atoms with E-state index in [2.05, 4.69) is 10.5 Å². The third-order valence-electron chi connectivity index (χ3n) is 1.68. The quantitative estimate of drug-likeness (QED) is 0.592. The van der Waals surface area contributed by atoms with Crippen LogP contribution in [0.4, 0.5) is 0 Å². The van der Waals surface area contributed by atoms with E-state index in [1.165, 1.54) is 6.92 Å². The number of carbonyl (C=O) groups excluding carboxylic acids is 1. The van der Waals surface area contributed by atoms with E-state index in [4.69, 9.17) is 0 Å². The lowest BCUT2D eigenvalue weighted by atomic mass is 10.1. The second kappa shape index (κ2) is 5.75. The van der Waals surface area contributed by atoms with E-state index >= 15 is 0 Å². The number of nitrogens with zero attached hydrogens (tertiary/aromatic N) is 1. The number of nitrogens with one attached hydrogen (secondary N) is 1. The average molecular weight is 202 g/mol. The van der Waals surface area contributed by atoms with Crippen LogP contribution in [0.15, 0.2) is 41.0 Å². The summed E-state index contributed by atoms with van der Waals surface area (Å²) >= 11 is 0. The normalized spacial score (nSPS) is 11.7. The van der Waals surface area contributed by atoms with Gasteiger partial charge in [0.25, 0.3) is 0 Å². The lowest BCUT2D eigenvalue weighted by Crippen LogP contribution is -2.12. The molecule has 0 aliphatic rings. The molecule has 78 valence electrons. The SMILES string of the molecule is CC(=O)N/N=C\C(C)=C\c1ccccc1. The van der Waals surface area contributed by atoms with E-state index in [-0.39, 0.29) is 5.91 Å². The Balaban J connectivity index is 2.61. The zero-order valence-electron chi connectivity index (χ0n) is 8.90. The Hall–Kier alpha value is -1.90. The summed E-state index contributed by atoms with van der Waals surface area (Å²) in [5, 5.41) is 3.77. The van der Waals surface area contributed by atoms with Gasteiger partial charge in [-0.15, -0.1) is 0 Å². The number of rotatable bonds is 3.